The number of fused-ring (bicyclic) bond motifs is 1. The van der Waals surface area contributed by atoms with E-state index in [-0.39, 0.29) is 11.9 Å². The fourth-order valence-corrected chi connectivity index (χ4v) is 5.00. The van der Waals surface area contributed by atoms with E-state index in [1.54, 1.807) is 16.2 Å². The van der Waals surface area contributed by atoms with Crippen molar-refractivity contribution in [1.82, 2.24) is 14.9 Å². The molecule has 0 aliphatic heterocycles. The number of aryl methyl sites for hydroxylation is 2. The van der Waals surface area contributed by atoms with Crippen molar-refractivity contribution in [3.63, 3.8) is 0 Å². The van der Waals surface area contributed by atoms with Gasteiger partial charge in [0.2, 0.25) is 0 Å². The van der Waals surface area contributed by atoms with Crippen LogP contribution in [0.3, 0.4) is 0 Å². The molecule has 4 rings (SSSR count). The second kappa shape index (κ2) is 7.66. The van der Waals surface area contributed by atoms with E-state index in [1.807, 2.05) is 39.1 Å². The van der Waals surface area contributed by atoms with Gasteiger partial charge in [-0.2, -0.15) is 0 Å². The third kappa shape index (κ3) is 3.58. The van der Waals surface area contributed by atoms with Gasteiger partial charge >= 0.3 is 0 Å². The first-order chi connectivity index (χ1) is 13.4. The molecule has 5 nitrogen and oxygen atoms in total. The van der Waals surface area contributed by atoms with Crippen molar-refractivity contribution >= 4 is 28.3 Å². The highest BCUT2D eigenvalue weighted by Gasteiger charge is 2.24. The quantitative estimate of drug-likeness (QED) is 0.560. The number of carbonyl (C=O) groups excluding carboxylic acids is 1. The van der Waals surface area contributed by atoms with Crippen LogP contribution in [0.5, 0.6) is 0 Å². The summed E-state index contributed by atoms with van der Waals surface area (Å²) in [6, 6.07) is 5.50. The lowest BCUT2D eigenvalue weighted by Gasteiger charge is -2.24. The summed E-state index contributed by atoms with van der Waals surface area (Å²) in [5, 5.41) is 1.03. The number of benzene rings is 1. The molecule has 0 bridgehead atoms. The van der Waals surface area contributed by atoms with E-state index in [4.69, 9.17) is 4.42 Å². The van der Waals surface area contributed by atoms with Crippen molar-refractivity contribution in [1.29, 1.82) is 0 Å². The van der Waals surface area contributed by atoms with Gasteiger partial charge in [0, 0.05) is 23.4 Å². The molecule has 148 valence electrons. The highest BCUT2D eigenvalue weighted by atomic mass is 32.1. The van der Waals surface area contributed by atoms with Crippen LogP contribution in [-0.4, -0.2) is 27.8 Å². The SMILES string of the molecule is Cc1nc([C@@H](C)N(C)C(=O)c2ccc3nc(C4CCCCC4)oc3c2)c(C)s1. The monoisotopic (exact) mass is 397 g/mol. The van der Waals surface area contributed by atoms with Gasteiger partial charge in [0.1, 0.15) is 5.52 Å². The largest absolute Gasteiger partial charge is 0.440 e. The number of aromatic nitrogens is 2. The zero-order valence-electron chi connectivity index (χ0n) is 17.0. The summed E-state index contributed by atoms with van der Waals surface area (Å²) in [7, 11) is 1.83. The minimum Gasteiger partial charge on any atom is -0.440 e. The number of oxazole rings is 1. The van der Waals surface area contributed by atoms with E-state index >= 15 is 0 Å². The van der Waals surface area contributed by atoms with Gasteiger partial charge in [0.05, 0.1) is 16.7 Å². The summed E-state index contributed by atoms with van der Waals surface area (Å²) in [5.74, 6) is 1.21. The molecule has 0 spiro atoms. The zero-order chi connectivity index (χ0) is 19.8. The molecule has 0 radical (unpaired) electrons. The van der Waals surface area contributed by atoms with Gasteiger partial charge < -0.3 is 9.32 Å². The van der Waals surface area contributed by atoms with Gasteiger partial charge in [-0.3, -0.25) is 4.79 Å². The molecule has 0 unspecified atom stereocenters. The lowest BCUT2D eigenvalue weighted by atomic mass is 9.89. The molecule has 1 amide bonds. The van der Waals surface area contributed by atoms with Gasteiger partial charge in [-0.25, -0.2) is 9.97 Å². The van der Waals surface area contributed by atoms with Gasteiger partial charge in [-0.05, 0) is 51.8 Å². The van der Waals surface area contributed by atoms with Gasteiger partial charge in [0.25, 0.3) is 5.91 Å². The first-order valence-corrected chi connectivity index (χ1v) is 10.9. The molecular formula is C22H27N3O2S. The number of hydrogen-bond donors (Lipinski definition) is 0. The molecule has 0 N–H and O–H groups in total. The number of amides is 1. The first-order valence-electron chi connectivity index (χ1n) is 10.1. The third-order valence-electron chi connectivity index (χ3n) is 5.84. The van der Waals surface area contributed by atoms with E-state index in [0.29, 0.717) is 17.1 Å². The van der Waals surface area contributed by atoms with Crippen LogP contribution in [0.4, 0.5) is 0 Å². The molecule has 1 atom stereocenters. The minimum atomic E-state index is -0.0827. The van der Waals surface area contributed by atoms with Crippen LogP contribution in [0.1, 0.15) is 82.8 Å². The smallest absolute Gasteiger partial charge is 0.254 e. The van der Waals surface area contributed by atoms with Crippen molar-refractivity contribution in [2.75, 3.05) is 7.05 Å². The fraction of sp³-hybridized carbons (Fsp3) is 0.500. The lowest BCUT2D eigenvalue weighted by Crippen LogP contribution is -2.30. The molecule has 1 aliphatic rings. The highest BCUT2D eigenvalue weighted by molar-refractivity contribution is 7.11. The van der Waals surface area contributed by atoms with Gasteiger partial charge in [0.15, 0.2) is 11.5 Å². The molecule has 1 aliphatic carbocycles. The molecule has 1 fully saturated rings. The Morgan fingerprint density at radius 1 is 1.21 bits per heavy atom. The molecule has 1 aromatic carbocycles. The number of nitrogens with zero attached hydrogens (tertiary/aromatic N) is 3. The number of rotatable bonds is 4. The molecule has 2 heterocycles. The van der Waals surface area contributed by atoms with E-state index in [1.165, 1.54) is 19.3 Å². The van der Waals surface area contributed by atoms with Crippen LogP contribution in [0.25, 0.3) is 11.1 Å². The summed E-state index contributed by atoms with van der Waals surface area (Å²) in [4.78, 5) is 25.3. The predicted octanol–water partition coefficient (Wildman–Crippen LogP) is 5.78. The van der Waals surface area contributed by atoms with Crippen molar-refractivity contribution < 1.29 is 9.21 Å². The van der Waals surface area contributed by atoms with Crippen LogP contribution in [0.15, 0.2) is 22.6 Å². The Morgan fingerprint density at radius 2 is 1.96 bits per heavy atom. The number of hydrogen-bond acceptors (Lipinski definition) is 5. The number of carbonyl (C=O) groups is 1. The van der Waals surface area contributed by atoms with E-state index in [9.17, 15) is 4.79 Å². The van der Waals surface area contributed by atoms with Crippen molar-refractivity contribution in [2.45, 2.75) is 64.8 Å². The maximum Gasteiger partial charge on any atom is 0.254 e. The molecule has 1 saturated carbocycles. The Hall–Kier alpha value is -2.21. The van der Waals surface area contributed by atoms with Crippen molar-refractivity contribution in [3.05, 3.63) is 45.2 Å². The van der Waals surface area contributed by atoms with E-state index in [0.717, 1.165) is 39.8 Å². The van der Waals surface area contributed by atoms with E-state index in [2.05, 4.69) is 16.9 Å². The first kappa shape index (κ1) is 19.1. The minimum absolute atomic E-state index is 0.0323. The molecule has 0 saturated heterocycles. The Morgan fingerprint density at radius 3 is 2.64 bits per heavy atom. The molecule has 2 aromatic heterocycles. The van der Waals surface area contributed by atoms with Crippen molar-refractivity contribution in [3.8, 4) is 0 Å². The maximum atomic E-state index is 13.1. The Kier molecular flexibility index (Phi) is 5.23. The van der Waals surface area contributed by atoms with Gasteiger partial charge in [-0.15, -0.1) is 11.3 Å². The predicted molar refractivity (Wildman–Crippen MR) is 112 cm³/mol. The topological polar surface area (TPSA) is 59.2 Å². The lowest BCUT2D eigenvalue weighted by molar-refractivity contribution is 0.0740. The summed E-state index contributed by atoms with van der Waals surface area (Å²) in [5.41, 5.74) is 3.13. The standard InChI is InChI=1S/C22H27N3O2S/c1-13(20-14(2)28-15(3)23-20)25(4)22(26)17-10-11-18-19(12-17)27-21(24-18)16-8-6-5-7-9-16/h10-13,16H,5-9H2,1-4H3/t13-/m1/s1. The fourth-order valence-electron chi connectivity index (χ4n) is 4.10. The molecule has 3 aromatic rings. The normalized spacial score (nSPS) is 16.4. The van der Waals surface area contributed by atoms with Crippen LogP contribution < -0.4 is 0 Å². The van der Waals surface area contributed by atoms with Crippen LogP contribution in [0, 0.1) is 13.8 Å². The molecule has 28 heavy (non-hydrogen) atoms. The third-order valence-corrected chi connectivity index (χ3v) is 6.74. The maximum absolute atomic E-state index is 13.1. The second-order valence-corrected chi connectivity index (χ2v) is 9.24. The van der Waals surface area contributed by atoms with Gasteiger partial charge in [-0.1, -0.05) is 19.3 Å². The zero-order valence-corrected chi connectivity index (χ0v) is 17.8. The Labute approximate surface area is 169 Å². The van der Waals surface area contributed by atoms with Crippen molar-refractivity contribution in [2.24, 2.45) is 0 Å². The summed E-state index contributed by atoms with van der Waals surface area (Å²) in [6.45, 7) is 6.08. The second-order valence-electron chi connectivity index (χ2n) is 7.84. The average Bonchev–Trinajstić information content (AvgIpc) is 3.28. The Balaban J connectivity index is 1.57. The Bertz CT molecular complexity index is 1000. The number of thiazole rings is 1. The summed E-state index contributed by atoms with van der Waals surface area (Å²) in [6.07, 6.45) is 6.07. The molecular weight excluding hydrogens is 370 g/mol. The van der Waals surface area contributed by atoms with E-state index < -0.39 is 0 Å². The summed E-state index contributed by atoms with van der Waals surface area (Å²) >= 11 is 1.67. The van der Waals surface area contributed by atoms with Crippen LogP contribution in [-0.2, 0) is 0 Å². The summed E-state index contributed by atoms with van der Waals surface area (Å²) < 4.78 is 6.05. The molecule has 6 heteroatoms. The van der Waals surface area contributed by atoms with Crippen LogP contribution >= 0.6 is 11.3 Å². The highest BCUT2D eigenvalue weighted by Crippen LogP contribution is 2.34. The van der Waals surface area contributed by atoms with Crippen LogP contribution in [0.2, 0.25) is 0 Å². The average molecular weight is 398 g/mol.